The van der Waals surface area contributed by atoms with E-state index >= 15 is 0 Å². The van der Waals surface area contributed by atoms with Crippen molar-refractivity contribution in [3.8, 4) is 0 Å². The van der Waals surface area contributed by atoms with Gasteiger partial charge in [0, 0.05) is 18.0 Å². The van der Waals surface area contributed by atoms with Gasteiger partial charge in [-0.05, 0) is 5.53 Å². The third kappa shape index (κ3) is 20.7. The number of carbonyl (C=O) groups excluding carboxylic acids is 2. The third-order valence-electron chi connectivity index (χ3n) is 2.70. The summed E-state index contributed by atoms with van der Waals surface area (Å²) in [5, 5.41) is 5.90. The summed E-state index contributed by atoms with van der Waals surface area (Å²) in [5.41, 5.74) is 8.07. The van der Waals surface area contributed by atoms with Gasteiger partial charge in [0.2, 0.25) is 5.91 Å². The van der Waals surface area contributed by atoms with Gasteiger partial charge >= 0.3 is 5.97 Å². The largest absolute Gasteiger partial charge is 0.379 e. The van der Waals surface area contributed by atoms with Crippen LogP contribution in [0.5, 0.6) is 0 Å². The summed E-state index contributed by atoms with van der Waals surface area (Å²) in [6, 6.07) is 0. The number of thiol groups is 1. The summed E-state index contributed by atoms with van der Waals surface area (Å²) in [6.45, 7) is 3.23. The highest BCUT2D eigenvalue weighted by molar-refractivity contribution is 7.77. The molecule has 1 amide bonds. The van der Waals surface area contributed by atoms with Crippen LogP contribution in [-0.4, -0.2) is 91.0 Å². The van der Waals surface area contributed by atoms with Crippen LogP contribution in [0.15, 0.2) is 5.11 Å². The van der Waals surface area contributed by atoms with Crippen molar-refractivity contribution >= 4 is 24.7 Å². The fourth-order valence-electron chi connectivity index (χ4n) is 1.53. The van der Waals surface area contributed by atoms with E-state index in [0.717, 1.165) is 0 Å². The second-order valence-electron chi connectivity index (χ2n) is 4.81. The molecule has 0 saturated carbocycles. The van der Waals surface area contributed by atoms with E-state index < -0.39 is 5.97 Å². The molecule has 0 rings (SSSR count). The first-order valence-corrected chi connectivity index (χ1v) is 8.90. The Morgan fingerprint density at radius 3 is 2.00 bits per heavy atom. The van der Waals surface area contributed by atoms with Crippen molar-refractivity contribution in [1.29, 1.82) is 0 Å². The number of hydrogen-bond donors (Lipinski definition) is 3. The first-order chi connectivity index (χ1) is 13.7. The maximum atomic E-state index is 11.4. The number of ether oxygens (including phenoxy) is 5. The lowest BCUT2D eigenvalue weighted by Gasteiger charge is -2.08. The zero-order chi connectivity index (χ0) is 20.7. The van der Waals surface area contributed by atoms with E-state index in [0.29, 0.717) is 65.9 Å². The van der Waals surface area contributed by atoms with Gasteiger partial charge in [0.25, 0.3) is 0 Å². The first-order valence-electron chi connectivity index (χ1n) is 8.45. The van der Waals surface area contributed by atoms with Crippen LogP contribution < -0.4 is 10.2 Å². The molecule has 0 heterocycles. The molecule has 0 aliphatic rings. The van der Waals surface area contributed by atoms with Gasteiger partial charge in [-0.2, -0.15) is 0 Å². The Hall–Kier alpha value is -1.64. The number of amides is 1. The summed E-state index contributed by atoms with van der Waals surface area (Å²) in [6.07, 6.45) is 0. The number of carbonyl (C=O) groups is 2. The summed E-state index contributed by atoms with van der Waals surface area (Å²) >= 11 is 3.47. The van der Waals surface area contributed by atoms with Crippen molar-refractivity contribution in [3.05, 3.63) is 10.4 Å². The fourth-order valence-corrected chi connectivity index (χ4v) is 1.63. The standard InChI is InChI=1S/C14H27N5O8S/c15-18-17-2-4-23-6-8-25-10-9-24-7-5-22-3-1-16-13(20)11-26-12-14(21)27-19-28/h19,28H,1-12H2,(H,16,20). The molecule has 0 fully saturated rings. The van der Waals surface area contributed by atoms with E-state index in [4.69, 9.17) is 29.2 Å². The summed E-state index contributed by atoms with van der Waals surface area (Å²) in [4.78, 5) is 31.1. The van der Waals surface area contributed by atoms with Gasteiger partial charge in [-0.1, -0.05) is 22.8 Å². The van der Waals surface area contributed by atoms with Crippen molar-refractivity contribution < 1.29 is 38.1 Å². The SMILES string of the molecule is [N-]=[N+]=NCCOCCOCCOCCOCCNC(=O)COCC(=O)ONS. The predicted octanol–water partition coefficient (Wildman–Crippen LogP) is -0.611. The summed E-state index contributed by atoms with van der Waals surface area (Å²) in [5.74, 6) is -1.06. The Kier molecular flexibility index (Phi) is 20.4. The van der Waals surface area contributed by atoms with Gasteiger partial charge in [0.15, 0.2) is 0 Å². The molecule has 28 heavy (non-hydrogen) atoms. The normalized spacial score (nSPS) is 10.3. The highest BCUT2D eigenvalue weighted by Crippen LogP contribution is 1.84. The monoisotopic (exact) mass is 425 g/mol. The summed E-state index contributed by atoms with van der Waals surface area (Å²) in [7, 11) is 0. The van der Waals surface area contributed by atoms with Crippen molar-refractivity contribution in [3.63, 3.8) is 0 Å². The second-order valence-corrected chi connectivity index (χ2v) is 4.99. The number of rotatable bonds is 20. The third-order valence-corrected chi connectivity index (χ3v) is 2.79. The first kappa shape index (κ1) is 26.4. The highest BCUT2D eigenvalue weighted by Gasteiger charge is 2.05. The van der Waals surface area contributed by atoms with Crippen LogP contribution in [0.4, 0.5) is 0 Å². The Balaban J connectivity index is 3.19. The Labute approximate surface area is 168 Å². The van der Waals surface area contributed by atoms with Crippen LogP contribution in [-0.2, 0) is 38.1 Å². The highest BCUT2D eigenvalue weighted by atomic mass is 32.1. The minimum Gasteiger partial charge on any atom is -0.379 e. The minimum absolute atomic E-state index is 0.260. The van der Waals surface area contributed by atoms with Crippen LogP contribution in [0.1, 0.15) is 0 Å². The van der Waals surface area contributed by atoms with Gasteiger partial charge in [-0.3, -0.25) is 4.79 Å². The molecular formula is C14H27N5O8S. The van der Waals surface area contributed by atoms with Crippen molar-refractivity contribution in [2.24, 2.45) is 5.11 Å². The molecule has 0 aromatic rings. The molecule has 0 aromatic carbocycles. The maximum absolute atomic E-state index is 11.4. The molecular weight excluding hydrogens is 398 g/mol. The Bertz CT molecular complexity index is 453. The Morgan fingerprint density at radius 2 is 1.43 bits per heavy atom. The number of azide groups is 1. The molecule has 0 aromatic heterocycles. The van der Waals surface area contributed by atoms with E-state index in [2.05, 4.69) is 33.0 Å². The zero-order valence-corrected chi connectivity index (χ0v) is 16.4. The molecule has 0 radical (unpaired) electrons. The number of nitrogens with one attached hydrogen (secondary N) is 2. The molecule has 2 N–H and O–H groups in total. The molecule has 0 saturated heterocycles. The quantitative estimate of drug-likeness (QED) is 0.0576. The number of nitrogens with zero attached hydrogens (tertiary/aromatic N) is 3. The van der Waals surface area contributed by atoms with Crippen LogP contribution in [0.3, 0.4) is 0 Å². The predicted molar refractivity (Wildman–Crippen MR) is 99.3 cm³/mol. The molecule has 0 spiro atoms. The van der Waals surface area contributed by atoms with Crippen LogP contribution in [0, 0.1) is 0 Å². The van der Waals surface area contributed by atoms with E-state index in [1.807, 2.05) is 4.89 Å². The van der Waals surface area contributed by atoms with Crippen molar-refractivity contribution in [2.45, 2.75) is 0 Å². The fraction of sp³-hybridized carbons (Fsp3) is 0.857. The topological polar surface area (TPSA) is 162 Å². The zero-order valence-electron chi connectivity index (χ0n) is 15.5. The average Bonchev–Trinajstić information content (AvgIpc) is 2.68. The Morgan fingerprint density at radius 1 is 0.857 bits per heavy atom. The van der Waals surface area contributed by atoms with E-state index in [1.165, 1.54) is 0 Å². The number of hydrogen-bond acceptors (Lipinski definition) is 11. The lowest BCUT2D eigenvalue weighted by atomic mass is 10.6. The van der Waals surface area contributed by atoms with E-state index in [1.54, 1.807) is 0 Å². The van der Waals surface area contributed by atoms with Gasteiger partial charge in [0.1, 0.15) is 13.2 Å². The molecule has 0 atom stereocenters. The van der Waals surface area contributed by atoms with Gasteiger partial charge < -0.3 is 33.8 Å². The van der Waals surface area contributed by atoms with Crippen molar-refractivity contribution in [1.82, 2.24) is 10.2 Å². The average molecular weight is 425 g/mol. The lowest BCUT2D eigenvalue weighted by molar-refractivity contribution is -0.152. The van der Waals surface area contributed by atoms with Crippen molar-refractivity contribution in [2.75, 3.05) is 79.2 Å². The second kappa shape index (κ2) is 21.7. The van der Waals surface area contributed by atoms with E-state index in [-0.39, 0.29) is 19.1 Å². The van der Waals surface area contributed by atoms with E-state index in [9.17, 15) is 9.59 Å². The molecule has 0 unspecified atom stereocenters. The molecule has 0 aliphatic heterocycles. The minimum atomic E-state index is -0.688. The smallest absolute Gasteiger partial charge is 0.351 e. The molecule has 14 heteroatoms. The van der Waals surface area contributed by atoms with Crippen LogP contribution in [0.25, 0.3) is 10.4 Å². The maximum Gasteiger partial charge on any atom is 0.351 e. The van der Waals surface area contributed by atoms with Gasteiger partial charge in [-0.15, -0.1) is 0 Å². The molecule has 0 bridgehead atoms. The molecule has 162 valence electrons. The van der Waals surface area contributed by atoms with Crippen LogP contribution in [0.2, 0.25) is 0 Å². The lowest BCUT2D eigenvalue weighted by Crippen LogP contribution is -2.32. The van der Waals surface area contributed by atoms with Gasteiger partial charge in [0.05, 0.1) is 52.9 Å². The van der Waals surface area contributed by atoms with Gasteiger partial charge in [-0.25, -0.2) is 4.79 Å². The molecule has 0 aliphatic carbocycles. The summed E-state index contributed by atoms with van der Waals surface area (Å²) < 4.78 is 25.9. The molecule has 13 nitrogen and oxygen atoms in total. The van der Waals surface area contributed by atoms with Crippen LogP contribution >= 0.6 is 12.8 Å².